The maximum Gasteiger partial charge on any atom is 4.00 e. The molecule has 0 aromatic rings. The minimum absolute atomic E-state index is 0. The van der Waals surface area contributed by atoms with Gasteiger partial charge >= 0.3 is 23.9 Å². The van der Waals surface area contributed by atoms with Crippen LogP contribution in [-0.4, -0.2) is 48.3 Å². The van der Waals surface area contributed by atoms with Crippen LogP contribution in [0.5, 0.6) is 0 Å². The summed E-state index contributed by atoms with van der Waals surface area (Å²) in [7, 11) is 0. The molecule has 0 N–H and O–H groups in total. The third-order valence-corrected chi connectivity index (χ3v) is 3.21. The zero-order valence-corrected chi connectivity index (χ0v) is 24.4. The van der Waals surface area contributed by atoms with Gasteiger partial charge < -0.3 is 20.4 Å². The Morgan fingerprint density at radius 2 is 0.448 bits per heavy atom. The molecule has 0 aliphatic heterocycles. The van der Waals surface area contributed by atoms with Crippen molar-refractivity contribution in [2.45, 2.75) is 133 Å². The molecule has 0 aliphatic carbocycles. The molecule has 0 rings (SSSR count). The van der Waals surface area contributed by atoms with E-state index < -0.39 is 0 Å². The van der Waals surface area contributed by atoms with Crippen LogP contribution in [0.25, 0.3) is 0 Å². The van der Waals surface area contributed by atoms with Crippen LogP contribution < -0.4 is 20.4 Å². The van der Waals surface area contributed by atoms with Crippen LogP contribution >= 0.6 is 0 Å². The Morgan fingerprint density at radius 3 is 0.448 bits per heavy atom. The predicted molar refractivity (Wildman–Crippen MR) is 121 cm³/mol. The second-order valence-electron chi connectivity index (χ2n) is 9.76. The van der Waals surface area contributed by atoms with Crippen LogP contribution in [0.1, 0.15) is 109 Å². The quantitative estimate of drug-likeness (QED) is 0.458. The Labute approximate surface area is 200 Å². The second-order valence-corrected chi connectivity index (χ2v) is 9.76. The van der Waals surface area contributed by atoms with Crippen LogP contribution in [0.4, 0.5) is 0 Å². The summed E-state index contributed by atoms with van der Waals surface area (Å²) in [5, 5.41) is 41.4. The fourth-order valence-corrected chi connectivity index (χ4v) is 2.66. The van der Waals surface area contributed by atoms with Crippen molar-refractivity contribution >= 4 is 23.9 Å². The number of hydrogen-bond acceptors (Lipinski definition) is 4. The minimum atomic E-state index is -0.375. The number of rotatable bonds is 8. The molecule has 0 aromatic heterocycles. The largest absolute Gasteiger partial charge is 4.00 e. The first-order valence-corrected chi connectivity index (χ1v) is 11.1. The standard InChI is InChI=1S/4C6H13O.Sn/c4*1-5(2)4-6(3)7;/h4*5-6H,4H2,1-3H3;/q4*-1;+4. The van der Waals surface area contributed by atoms with Gasteiger partial charge in [-0.1, -0.05) is 109 Å². The van der Waals surface area contributed by atoms with Gasteiger partial charge in [-0.15, -0.1) is 24.4 Å². The van der Waals surface area contributed by atoms with E-state index in [1.165, 1.54) is 0 Å². The van der Waals surface area contributed by atoms with Gasteiger partial charge in [-0.25, -0.2) is 0 Å². The third-order valence-electron chi connectivity index (χ3n) is 3.21. The minimum Gasteiger partial charge on any atom is -0.852 e. The van der Waals surface area contributed by atoms with E-state index in [0.717, 1.165) is 25.7 Å². The van der Waals surface area contributed by atoms with Crippen molar-refractivity contribution in [2.75, 3.05) is 0 Å². The summed E-state index contributed by atoms with van der Waals surface area (Å²) < 4.78 is 0. The molecule has 0 fully saturated rings. The zero-order chi connectivity index (χ0) is 23.4. The molecular formula is C24H52O4Sn. The van der Waals surface area contributed by atoms with Crippen molar-refractivity contribution in [3.63, 3.8) is 0 Å². The Bertz CT molecular complexity index is 196. The topological polar surface area (TPSA) is 92.2 Å². The Hall–Kier alpha value is 0.639. The summed E-state index contributed by atoms with van der Waals surface area (Å²) in [4.78, 5) is 0. The molecule has 4 atom stereocenters. The molecule has 4 nitrogen and oxygen atoms in total. The fraction of sp³-hybridized carbons (Fsp3) is 1.00. The van der Waals surface area contributed by atoms with Crippen LogP contribution in [0.15, 0.2) is 0 Å². The van der Waals surface area contributed by atoms with Gasteiger partial charge in [-0.2, -0.15) is 0 Å². The van der Waals surface area contributed by atoms with Gasteiger partial charge in [0, 0.05) is 0 Å². The van der Waals surface area contributed by atoms with Crippen molar-refractivity contribution in [1.29, 1.82) is 0 Å². The van der Waals surface area contributed by atoms with E-state index in [2.05, 4.69) is 55.4 Å². The first-order chi connectivity index (χ1) is 12.5. The molecule has 5 heteroatoms. The summed E-state index contributed by atoms with van der Waals surface area (Å²) in [5.41, 5.74) is 0. The summed E-state index contributed by atoms with van der Waals surface area (Å²) in [5.74, 6) is 2.25. The molecule has 29 heavy (non-hydrogen) atoms. The van der Waals surface area contributed by atoms with E-state index in [9.17, 15) is 20.4 Å². The number of hydrogen-bond donors (Lipinski definition) is 0. The van der Waals surface area contributed by atoms with Crippen molar-refractivity contribution in [1.82, 2.24) is 0 Å². The van der Waals surface area contributed by atoms with Gasteiger partial charge in [0.15, 0.2) is 0 Å². The van der Waals surface area contributed by atoms with Gasteiger partial charge in [0.25, 0.3) is 0 Å². The maximum atomic E-state index is 10.3. The molecular weight excluding hydrogens is 471 g/mol. The van der Waals surface area contributed by atoms with E-state index in [-0.39, 0.29) is 48.3 Å². The van der Waals surface area contributed by atoms with Gasteiger partial charge in [0.05, 0.1) is 0 Å². The SMILES string of the molecule is CC(C)CC(C)[O-].CC(C)CC(C)[O-].CC(C)CC(C)[O-].CC(C)CC(C)[O-].[Sn+4]. The van der Waals surface area contributed by atoms with Crippen molar-refractivity contribution in [3.8, 4) is 0 Å². The summed E-state index contributed by atoms with van der Waals surface area (Å²) in [6.45, 7) is 23.3. The monoisotopic (exact) mass is 524 g/mol. The molecule has 0 aromatic carbocycles. The Kier molecular flexibility index (Phi) is 36.8. The van der Waals surface area contributed by atoms with Crippen LogP contribution in [0.3, 0.4) is 0 Å². The molecule has 0 spiro atoms. The van der Waals surface area contributed by atoms with Crippen molar-refractivity contribution in [3.05, 3.63) is 0 Å². The first-order valence-electron chi connectivity index (χ1n) is 11.1. The Morgan fingerprint density at radius 1 is 0.345 bits per heavy atom. The fourth-order valence-electron chi connectivity index (χ4n) is 2.66. The predicted octanol–water partition coefficient (Wildman–Crippen LogP) is 2.74. The summed E-state index contributed by atoms with van der Waals surface area (Å²) >= 11 is 0. The molecule has 0 heterocycles. The van der Waals surface area contributed by atoms with Gasteiger partial charge in [-0.3, -0.25) is 0 Å². The van der Waals surface area contributed by atoms with Gasteiger partial charge in [0.1, 0.15) is 0 Å². The van der Waals surface area contributed by atoms with Crippen LogP contribution in [0, 0.1) is 23.7 Å². The average molecular weight is 523 g/mol. The molecule has 0 saturated carbocycles. The molecule has 0 amide bonds. The van der Waals surface area contributed by atoms with E-state index in [0.29, 0.717) is 23.7 Å². The third kappa shape index (κ3) is 73.4. The Balaban J connectivity index is -0.0000000873. The zero-order valence-electron chi connectivity index (χ0n) is 21.6. The smallest absolute Gasteiger partial charge is 0.852 e. The van der Waals surface area contributed by atoms with Gasteiger partial charge in [-0.05, 0) is 23.7 Å². The average Bonchev–Trinajstić information content (AvgIpc) is 2.32. The van der Waals surface area contributed by atoms with E-state index in [4.69, 9.17) is 0 Å². The summed E-state index contributed by atoms with van der Waals surface area (Å²) in [6.07, 6.45) is 1.72. The maximum absolute atomic E-state index is 10.3. The summed E-state index contributed by atoms with van der Waals surface area (Å²) in [6, 6.07) is 0. The molecule has 0 aliphatic rings. The molecule has 0 bridgehead atoms. The van der Waals surface area contributed by atoms with Crippen molar-refractivity contribution in [2.24, 2.45) is 23.7 Å². The van der Waals surface area contributed by atoms with Gasteiger partial charge in [0.2, 0.25) is 0 Å². The van der Waals surface area contributed by atoms with Crippen molar-refractivity contribution < 1.29 is 20.4 Å². The normalized spacial score (nSPS) is 14.5. The molecule has 176 valence electrons. The van der Waals surface area contributed by atoms with E-state index in [1.54, 1.807) is 27.7 Å². The molecule has 4 unspecified atom stereocenters. The first kappa shape index (κ1) is 40.0. The second kappa shape index (κ2) is 26.7. The molecule has 0 radical (unpaired) electrons. The molecule has 0 saturated heterocycles. The van der Waals surface area contributed by atoms with Crippen LogP contribution in [0.2, 0.25) is 0 Å². The van der Waals surface area contributed by atoms with E-state index >= 15 is 0 Å². The van der Waals surface area contributed by atoms with E-state index in [1.807, 2.05) is 0 Å². The van der Waals surface area contributed by atoms with Crippen LogP contribution in [-0.2, 0) is 0 Å².